The molecule has 2 fully saturated rings. The van der Waals surface area contributed by atoms with Crippen LogP contribution in [-0.2, 0) is 9.47 Å². The Labute approximate surface area is 211 Å². The summed E-state index contributed by atoms with van der Waals surface area (Å²) < 4.78 is 11.8. The van der Waals surface area contributed by atoms with Crippen LogP contribution >= 0.6 is 0 Å². The highest BCUT2D eigenvalue weighted by atomic mass is 16.5. The van der Waals surface area contributed by atoms with Gasteiger partial charge in [0.25, 0.3) is 0 Å². The number of hydrogen-bond acceptors (Lipinski definition) is 4. The molecule has 0 aliphatic heterocycles. The second kappa shape index (κ2) is 9.77. The smallest absolute Gasteiger partial charge is 0.339 e. The first-order valence-corrected chi connectivity index (χ1v) is 13.0. The second-order valence-electron chi connectivity index (χ2n) is 10.5. The Balaban J connectivity index is 1.06. The van der Waals surface area contributed by atoms with Crippen LogP contribution in [0.3, 0.4) is 0 Å². The maximum Gasteiger partial charge on any atom is 0.339 e. The van der Waals surface area contributed by atoms with Gasteiger partial charge in [-0.1, -0.05) is 72.8 Å². The average molecular weight is 479 g/mol. The molecular formula is C32H30O4. The Kier molecular flexibility index (Phi) is 6.18. The van der Waals surface area contributed by atoms with Crippen LogP contribution in [0.1, 0.15) is 52.8 Å². The van der Waals surface area contributed by atoms with E-state index in [0.29, 0.717) is 35.5 Å². The van der Waals surface area contributed by atoms with Gasteiger partial charge in [-0.25, -0.2) is 9.59 Å². The zero-order valence-electron chi connectivity index (χ0n) is 20.3. The van der Waals surface area contributed by atoms with Gasteiger partial charge in [-0.05, 0) is 83.5 Å². The summed E-state index contributed by atoms with van der Waals surface area (Å²) in [6.07, 6.45) is 4.94. The van der Waals surface area contributed by atoms with Crippen LogP contribution in [-0.4, -0.2) is 24.6 Å². The Bertz CT molecular complexity index is 1400. The Morgan fingerprint density at radius 1 is 0.611 bits per heavy atom. The van der Waals surface area contributed by atoms with Gasteiger partial charge in [-0.2, -0.15) is 0 Å². The van der Waals surface area contributed by atoms with Crippen molar-refractivity contribution in [3.05, 3.63) is 96.1 Å². The van der Waals surface area contributed by atoms with Crippen molar-refractivity contribution in [2.75, 3.05) is 6.61 Å². The van der Waals surface area contributed by atoms with Gasteiger partial charge in [-0.15, -0.1) is 0 Å². The quantitative estimate of drug-likeness (QED) is 0.285. The zero-order valence-corrected chi connectivity index (χ0v) is 20.3. The molecule has 4 nitrogen and oxygen atoms in total. The molecule has 0 amide bonds. The van der Waals surface area contributed by atoms with Crippen molar-refractivity contribution in [2.45, 2.75) is 38.2 Å². The highest BCUT2D eigenvalue weighted by Crippen LogP contribution is 2.44. The number of rotatable bonds is 5. The van der Waals surface area contributed by atoms with E-state index in [4.69, 9.17) is 9.47 Å². The minimum Gasteiger partial charge on any atom is -0.462 e. The van der Waals surface area contributed by atoms with Crippen LogP contribution in [0.5, 0.6) is 0 Å². The van der Waals surface area contributed by atoms with Gasteiger partial charge < -0.3 is 9.47 Å². The lowest BCUT2D eigenvalue weighted by Crippen LogP contribution is -2.37. The molecule has 4 atom stereocenters. The number of fused-ring (bicyclic) bond motifs is 4. The summed E-state index contributed by atoms with van der Waals surface area (Å²) in [5.74, 6) is 0.900. The monoisotopic (exact) mass is 478 g/mol. The molecule has 0 radical (unpaired) electrons. The van der Waals surface area contributed by atoms with Crippen LogP contribution < -0.4 is 0 Å². The number of carbonyl (C=O) groups is 2. The Morgan fingerprint density at radius 2 is 1.14 bits per heavy atom. The fourth-order valence-corrected chi connectivity index (χ4v) is 6.45. The van der Waals surface area contributed by atoms with Crippen molar-refractivity contribution >= 4 is 33.5 Å². The van der Waals surface area contributed by atoms with Gasteiger partial charge in [0, 0.05) is 0 Å². The predicted molar refractivity (Wildman–Crippen MR) is 141 cm³/mol. The normalized spacial score (nSPS) is 23.3. The van der Waals surface area contributed by atoms with E-state index in [-0.39, 0.29) is 18.0 Å². The number of ether oxygens (including phenoxy) is 2. The molecular weight excluding hydrogens is 448 g/mol. The molecule has 2 unspecified atom stereocenters. The van der Waals surface area contributed by atoms with Crippen molar-refractivity contribution in [3.63, 3.8) is 0 Å². The molecule has 0 saturated heterocycles. The number of benzene rings is 4. The predicted octanol–water partition coefficient (Wildman–Crippen LogP) is 7.20. The molecule has 4 aromatic rings. The molecule has 182 valence electrons. The van der Waals surface area contributed by atoms with Crippen molar-refractivity contribution in [3.8, 4) is 0 Å². The van der Waals surface area contributed by atoms with Gasteiger partial charge in [0.15, 0.2) is 0 Å². The van der Waals surface area contributed by atoms with Crippen LogP contribution in [0.15, 0.2) is 84.9 Å². The molecule has 2 aliphatic rings. The molecule has 4 aromatic carbocycles. The molecule has 2 bridgehead atoms. The van der Waals surface area contributed by atoms with Crippen LogP contribution in [0.25, 0.3) is 21.5 Å². The lowest BCUT2D eigenvalue weighted by atomic mass is 9.67. The third-order valence-corrected chi connectivity index (χ3v) is 7.94. The second-order valence-corrected chi connectivity index (χ2v) is 10.5. The molecule has 2 aliphatic carbocycles. The van der Waals surface area contributed by atoms with Crippen molar-refractivity contribution in [2.24, 2.45) is 17.8 Å². The maximum atomic E-state index is 13.0. The zero-order chi connectivity index (χ0) is 24.5. The van der Waals surface area contributed by atoms with E-state index in [2.05, 4.69) is 0 Å². The van der Waals surface area contributed by atoms with Gasteiger partial charge in [0.2, 0.25) is 0 Å². The molecule has 0 aromatic heterocycles. The SMILES string of the molecule is O=C(OCC1C[C@@H]2CC(OC(=O)c3cccc4ccccc34)C[C@H](C1)C2)c1cccc2ccccc12. The highest BCUT2D eigenvalue weighted by molar-refractivity contribution is 6.05. The molecule has 2 saturated carbocycles. The summed E-state index contributed by atoms with van der Waals surface area (Å²) in [6, 6.07) is 27.4. The van der Waals surface area contributed by atoms with Crippen LogP contribution in [0, 0.1) is 17.8 Å². The summed E-state index contributed by atoms with van der Waals surface area (Å²) in [7, 11) is 0. The minimum atomic E-state index is -0.246. The van der Waals surface area contributed by atoms with E-state index in [1.807, 2.05) is 84.9 Å². The fraction of sp³-hybridized carbons (Fsp3) is 0.312. The third-order valence-electron chi connectivity index (χ3n) is 7.94. The first kappa shape index (κ1) is 22.8. The molecule has 4 heteroatoms. The topological polar surface area (TPSA) is 52.6 Å². The summed E-state index contributed by atoms with van der Waals surface area (Å²) in [6.45, 7) is 0.454. The summed E-state index contributed by atoms with van der Waals surface area (Å²) in [5, 5.41) is 3.96. The van der Waals surface area contributed by atoms with Crippen molar-refractivity contribution in [1.29, 1.82) is 0 Å². The average Bonchev–Trinajstić information content (AvgIpc) is 2.90. The maximum absolute atomic E-state index is 13.0. The Morgan fingerprint density at radius 3 is 1.75 bits per heavy atom. The van der Waals surface area contributed by atoms with Crippen LogP contribution in [0.4, 0.5) is 0 Å². The van der Waals surface area contributed by atoms with Crippen molar-refractivity contribution < 1.29 is 19.1 Å². The molecule has 6 rings (SSSR count). The van der Waals surface area contributed by atoms with Gasteiger partial charge >= 0.3 is 11.9 Å². The van der Waals surface area contributed by atoms with E-state index in [1.165, 1.54) is 6.42 Å². The van der Waals surface area contributed by atoms with Crippen molar-refractivity contribution in [1.82, 2.24) is 0 Å². The molecule has 36 heavy (non-hydrogen) atoms. The Hall–Kier alpha value is -3.66. The molecule has 0 heterocycles. The summed E-state index contributed by atoms with van der Waals surface area (Å²) in [5.41, 5.74) is 1.27. The largest absolute Gasteiger partial charge is 0.462 e. The lowest BCUT2D eigenvalue weighted by molar-refractivity contribution is -0.0196. The fourth-order valence-electron chi connectivity index (χ4n) is 6.45. The minimum absolute atomic E-state index is 0.0422. The van der Waals surface area contributed by atoms with Crippen LogP contribution in [0.2, 0.25) is 0 Å². The van der Waals surface area contributed by atoms with Gasteiger partial charge in [-0.3, -0.25) is 0 Å². The van der Waals surface area contributed by atoms with Gasteiger partial charge in [0.05, 0.1) is 17.7 Å². The summed E-state index contributed by atoms with van der Waals surface area (Å²) >= 11 is 0. The van der Waals surface area contributed by atoms with E-state index in [0.717, 1.165) is 47.2 Å². The van der Waals surface area contributed by atoms with E-state index in [1.54, 1.807) is 0 Å². The number of hydrogen-bond donors (Lipinski definition) is 0. The standard InChI is InChI=1S/C32H30O4/c33-31(29-13-5-9-24-7-1-3-11-27(24)29)35-20-23-16-21-15-22(17-23)19-26(18-21)36-32(34)30-14-6-10-25-8-2-4-12-28(25)30/h1-14,21-23,26H,15-20H2/t21-,22+,23?,26?. The first-order valence-electron chi connectivity index (χ1n) is 13.0. The number of esters is 2. The van der Waals surface area contributed by atoms with Gasteiger partial charge in [0.1, 0.15) is 6.10 Å². The molecule has 0 N–H and O–H groups in total. The summed E-state index contributed by atoms with van der Waals surface area (Å²) in [4.78, 5) is 25.9. The third kappa shape index (κ3) is 4.60. The van der Waals surface area contributed by atoms with E-state index >= 15 is 0 Å². The lowest BCUT2D eigenvalue weighted by Gasteiger charge is -2.41. The van der Waals surface area contributed by atoms with E-state index in [9.17, 15) is 9.59 Å². The van der Waals surface area contributed by atoms with E-state index < -0.39 is 0 Å². The highest BCUT2D eigenvalue weighted by Gasteiger charge is 2.38. The number of carbonyl (C=O) groups excluding carboxylic acids is 2. The molecule has 0 spiro atoms. The first-order chi connectivity index (χ1) is 17.6.